The molecule has 0 aliphatic carbocycles. The van der Waals surface area contributed by atoms with Crippen molar-refractivity contribution in [1.29, 1.82) is 0 Å². The van der Waals surface area contributed by atoms with Crippen molar-refractivity contribution in [2.24, 2.45) is 5.73 Å². The third-order valence-electron chi connectivity index (χ3n) is 2.66. The van der Waals surface area contributed by atoms with E-state index in [1.807, 2.05) is 24.3 Å². The molecule has 3 rings (SSSR count). The van der Waals surface area contributed by atoms with Crippen LogP contribution in [-0.4, -0.2) is 22.4 Å². The Hall–Kier alpha value is -1.83. The molecule has 102 valence electrons. The van der Waals surface area contributed by atoms with E-state index in [0.717, 1.165) is 15.2 Å². The van der Waals surface area contributed by atoms with Gasteiger partial charge in [0.15, 0.2) is 5.13 Å². The van der Waals surface area contributed by atoms with Gasteiger partial charge in [0, 0.05) is 11.8 Å². The summed E-state index contributed by atoms with van der Waals surface area (Å²) in [6.07, 6.45) is 0.694. The van der Waals surface area contributed by atoms with Gasteiger partial charge >= 0.3 is 0 Å². The first kappa shape index (κ1) is 13.2. The Balaban J connectivity index is 1.77. The molecule has 0 unspecified atom stereocenters. The van der Waals surface area contributed by atoms with Gasteiger partial charge in [-0.3, -0.25) is 10.1 Å². The van der Waals surface area contributed by atoms with E-state index in [1.54, 1.807) is 5.38 Å². The summed E-state index contributed by atoms with van der Waals surface area (Å²) < 4.78 is 1.05. The molecule has 0 spiro atoms. The number of thiazole rings is 2. The molecule has 0 atom stereocenters. The van der Waals surface area contributed by atoms with Gasteiger partial charge in [0.2, 0.25) is 0 Å². The highest BCUT2D eigenvalue weighted by molar-refractivity contribution is 7.22. The highest BCUT2D eigenvalue weighted by Gasteiger charge is 2.13. The second-order valence-corrected chi connectivity index (χ2v) is 6.08. The van der Waals surface area contributed by atoms with Crippen molar-refractivity contribution in [2.75, 3.05) is 11.9 Å². The number of rotatable bonds is 4. The fourth-order valence-corrected chi connectivity index (χ4v) is 3.40. The average molecular weight is 304 g/mol. The molecule has 0 saturated heterocycles. The number of aromatic nitrogens is 2. The molecule has 0 bridgehead atoms. The number of nitrogens with two attached hydrogens (primary N) is 1. The predicted molar refractivity (Wildman–Crippen MR) is 82.4 cm³/mol. The van der Waals surface area contributed by atoms with Crippen molar-refractivity contribution in [3.63, 3.8) is 0 Å². The molecule has 3 N–H and O–H groups in total. The maximum atomic E-state index is 12.1. The first-order chi connectivity index (χ1) is 9.76. The molecule has 5 nitrogen and oxygen atoms in total. The van der Waals surface area contributed by atoms with Gasteiger partial charge in [-0.05, 0) is 18.7 Å². The Labute approximate surface area is 123 Å². The third-order valence-corrected chi connectivity index (χ3v) is 4.52. The fraction of sp³-hybridized carbons (Fsp3) is 0.154. The molecule has 20 heavy (non-hydrogen) atoms. The number of amides is 1. The van der Waals surface area contributed by atoms with Crippen LogP contribution in [-0.2, 0) is 6.42 Å². The standard InChI is InChI=1S/C13H12N4OS2/c14-6-5-11-15-9(7-19-11)12(18)17-13-16-8-3-1-2-4-10(8)20-13/h1-4,7H,5-6,14H2,(H,16,17,18). The lowest BCUT2D eigenvalue weighted by Crippen LogP contribution is -2.12. The maximum absolute atomic E-state index is 12.1. The summed E-state index contributed by atoms with van der Waals surface area (Å²) in [5.74, 6) is -0.233. The molecular weight excluding hydrogens is 292 g/mol. The Morgan fingerprint density at radius 1 is 1.30 bits per heavy atom. The van der Waals surface area contributed by atoms with Crippen molar-refractivity contribution in [1.82, 2.24) is 9.97 Å². The molecule has 2 heterocycles. The summed E-state index contributed by atoms with van der Waals surface area (Å²) in [5, 5.41) is 5.99. The molecule has 7 heteroatoms. The number of carbonyl (C=O) groups excluding carboxylic acids is 1. The van der Waals surface area contributed by atoms with E-state index in [2.05, 4.69) is 15.3 Å². The van der Waals surface area contributed by atoms with Crippen LogP contribution in [0.5, 0.6) is 0 Å². The Bertz CT molecular complexity index is 717. The molecule has 2 aromatic heterocycles. The Kier molecular flexibility index (Phi) is 3.72. The quantitative estimate of drug-likeness (QED) is 0.776. The van der Waals surface area contributed by atoms with E-state index in [1.165, 1.54) is 22.7 Å². The molecule has 0 fully saturated rings. The highest BCUT2D eigenvalue weighted by atomic mass is 32.1. The zero-order valence-electron chi connectivity index (χ0n) is 10.5. The van der Waals surface area contributed by atoms with E-state index < -0.39 is 0 Å². The van der Waals surface area contributed by atoms with Crippen molar-refractivity contribution >= 4 is 43.9 Å². The summed E-state index contributed by atoms with van der Waals surface area (Å²) in [6, 6.07) is 7.77. The van der Waals surface area contributed by atoms with Gasteiger partial charge < -0.3 is 5.73 Å². The van der Waals surface area contributed by atoms with Gasteiger partial charge in [-0.1, -0.05) is 23.5 Å². The van der Waals surface area contributed by atoms with Crippen LogP contribution in [0.4, 0.5) is 5.13 Å². The monoisotopic (exact) mass is 304 g/mol. The Morgan fingerprint density at radius 3 is 2.95 bits per heavy atom. The number of para-hydroxylation sites is 1. The van der Waals surface area contributed by atoms with Crippen LogP contribution in [0.15, 0.2) is 29.6 Å². The van der Waals surface area contributed by atoms with Gasteiger partial charge in [0.05, 0.1) is 15.2 Å². The summed E-state index contributed by atoms with van der Waals surface area (Å²) in [7, 11) is 0. The van der Waals surface area contributed by atoms with Crippen molar-refractivity contribution in [2.45, 2.75) is 6.42 Å². The summed E-state index contributed by atoms with van der Waals surface area (Å²) in [6.45, 7) is 0.534. The zero-order valence-corrected chi connectivity index (χ0v) is 12.1. The van der Waals surface area contributed by atoms with Gasteiger partial charge in [0.1, 0.15) is 5.69 Å². The Morgan fingerprint density at radius 2 is 2.15 bits per heavy atom. The minimum Gasteiger partial charge on any atom is -0.330 e. The zero-order chi connectivity index (χ0) is 13.9. The topological polar surface area (TPSA) is 80.9 Å². The minimum absolute atomic E-state index is 0.233. The van der Waals surface area contributed by atoms with Gasteiger partial charge in [0.25, 0.3) is 5.91 Å². The number of fused-ring (bicyclic) bond motifs is 1. The third kappa shape index (κ3) is 2.69. The van der Waals surface area contributed by atoms with Crippen molar-refractivity contribution < 1.29 is 4.79 Å². The average Bonchev–Trinajstić information content (AvgIpc) is 3.04. The van der Waals surface area contributed by atoms with E-state index >= 15 is 0 Å². The molecule has 0 radical (unpaired) electrons. The first-order valence-corrected chi connectivity index (χ1v) is 7.77. The second kappa shape index (κ2) is 5.66. The lowest BCUT2D eigenvalue weighted by atomic mass is 10.3. The van der Waals surface area contributed by atoms with Crippen LogP contribution in [0.2, 0.25) is 0 Å². The summed E-state index contributed by atoms with van der Waals surface area (Å²) in [5.41, 5.74) is 6.77. The van der Waals surface area contributed by atoms with E-state index in [9.17, 15) is 4.79 Å². The number of carbonyl (C=O) groups is 1. The summed E-state index contributed by atoms with van der Waals surface area (Å²) in [4.78, 5) is 20.7. The minimum atomic E-state index is -0.233. The van der Waals surface area contributed by atoms with Crippen LogP contribution >= 0.6 is 22.7 Å². The lowest BCUT2D eigenvalue weighted by molar-refractivity contribution is 0.102. The first-order valence-electron chi connectivity index (χ1n) is 6.07. The van der Waals surface area contributed by atoms with Crippen molar-refractivity contribution in [3.05, 3.63) is 40.3 Å². The van der Waals surface area contributed by atoms with Crippen LogP contribution < -0.4 is 11.1 Å². The predicted octanol–water partition coefficient (Wildman–Crippen LogP) is 2.51. The van der Waals surface area contributed by atoms with Gasteiger partial charge in [-0.25, -0.2) is 9.97 Å². The normalized spacial score (nSPS) is 10.8. The number of anilines is 1. The molecule has 3 aromatic rings. The highest BCUT2D eigenvalue weighted by Crippen LogP contribution is 2.25. The van der Waals surface area contributed by atoms with Gasteiger partial charge in [-0.15, -0.1) is 11.3 Å². The number of benzene rings is 1. The number of hydrogen-bond donors (Lipinski definition) is 2. The summed E-state index contributed by atoms with van der Waals surface area (Å²) >= 11 is 2.90. The molecule has 1 amide bonds. The molecule has 0 saturated carbocycles. The van der Waals surface area contributed by atoms with Crippen LogP contribution in [0.1, 0.15) is 15.5 Å². The molecule has 1 aromatic carbocycles. The number of nitrogens with one attached hydrogen (secondary N) is 1. The number of nitrogens with zero attached hydrogens (tertiary/aromatic N) is 2. The molecular formula is C13H12N4OS2. The van der Waals surface area contributed by atoms with Crippen LogP contribution in [0, 0.1) is 0 Å². The van der Waals surface area contributed by atoms with Crippen LogP contribution in [0.3, 0.4) is 0 Å². The SMILES string of the molecule is NCCc1nc(C(=O)Nc2nc3ccccc3s2)cs1. The largest absolute Gasteiger partial charge is 0.330 e. The van der Waals surface area contributed by atoms with Gasteiger partial charge in [-0.2, -0.15) is 0 Å². The molecule has 0 aliphatic rings. The van der Waals surface area contributed by atoms with E-state index in [4.69, 9.17) is 5.73 Å². The van der Waals surface area contributed by atoms with E-state index in [-0.39, 0.29) is 5.91 Å². The molecule has 0 aliphatic heterocycles. The maximum Gasteiger partial charge on any atom is 0.276 e. The van der Waals surface area contributed by atoms with E-state index in [0.29, 0.717) is 23.8 Å². The smallest absolute Gasteiger partial charge is 0.276 e. The van der Waals surface area contributed by atoms with Crippen LogP contribution in [0.25, 0.3) is 10.2 Å². The van der Waals surface area contributed by atoms with Crippen molar-refractivity contribution in [3.8, 4) is 0 Å². The number of hydrogen-bond acceptors (Lipinski definition) is 6. The fourth-order valence-electron chi connectivity index (χ4n) is 1.74. The second-order valence-electron chi connectivity index (χ2n) is 4.11. The lowest BCUT2D eigenvalue weighted by Gasteiger charge is -1.96.